The lowest BCUT2D eigenvalue weighted by atomic mass is 9.77. The molecule has 0 spiro atoms. The number of carbonyl (C=O) groups excluding carboxylic acids is 2. The first-order chi connectivity index (χ1) is 67.4. The molecule has 754 valence electrons. The zero-order valence-electron chi connectivity index (χ0n) is 82.1. The lowest BCUT2D eigenvalue weighted by Gasteiger charge is -2.43. The lowest BCUT2D eigenvalue weighted by Crippen LogP contribution is -2.68. The number of ether oxygens (including phenoxy) is 2. The number of hydrogen-bond donors (Lipinski definition) is 1. The van der Waals surface area contributed by atoms with E-state index in [4.69, 9.17) is 52.2 Å². The summed E-state index contributed by atoms with van der Waals surface area (Å²) in [5.74, 6) is 3.14. The first-order valence-electron chi connectivity index (χ1n) is 47.1. The standard InChI is InChI=1S/C42H46N2O6S.C38H50N2O10S3.C29H23NO.CO2.ClHO4/c1-7-44-36-26-38-33(25-32(36)28(2)27-41(44,3)4)30(23-37(50-38)29-15-10-8-11-16-29)17-14-18-39-42(5,6)34-24-31(51(47,48)49)20-21-35(34)43(39)22-13-9-12-19-40(45)46;1-7-20-38(6)32-27-30(53(47,48)49)17-19-33(32)40(22-13-24-52(44,45)46)35(38)15-11-9-10-14-28-25-36(37(3,4)5)50-34-26-29(16-18-31(28)34)39(8-2)21-12-23-51(41,42)43;1-19-13-14-21-18-22-8-6-7-20(29(22)31-28(21)17-19)15-16-23-24-9-2-4-11-26(24)30-27-12-5-3-10-25(23)27;2-1-3;2-1(3,4)5/h8,10-11,14-18,20-21,23-27H,7,9,12-13,19,22H2,1-6H3,(H-,45,46,47,48,49);9-11,14-19,25-27H,7-8,12-13,20-24H2,1-6H3,(H2-,41,42,43,44,45,46,47,48,49);2-5,9-18H,6-8H2,1H3;;(H,2,3,4,5)/p-3/b;;16-15+;;. The molecule has 0 fully saturated rings. The fourth-order valence-corrected chi connectivity index (χ4v) is 21.2. The molecule has 8 aliphatic rings. The largest absolute Gasteiger partial charge is 0.748 e. The number of anilines is 2. The van der Waals surface area contributed by atoms with Gasteiger partial charge in [-0.3, -0.25) is 4.79 Å². The van der Waals surface area contributed by atoms with Crippen LogP contribution in [0.1, 0.15) is 210 Å². The highest BCUT2D eigenvalue weighted by atomic mass is 35.7. The SMILES string of the molecule is CCCC1(C)\C(=C/C=C/C=C/c2cc(C(C)(C)C)oc3cc(=[N+](CC)CCCS(=O)(=O)[O-])ccc2-3)N(CCCS(=O)(=O)[O-])c2ccc(S(=O)(=O)[O-])cc21.CCN1c2cc3c(cc2C(C)=CC1(C)C)C(=CC=CC1=[N+](CCCCCC(=O)O)c2ccc(S(=O)(=O)[O-])cc2C1(C)C)C=C(c1ccccc1)O3.Cc1ccc2c(c1)OC1=C(/C=C/c3c4ccccc4nc4ccccc34)CCCC1=C2.O=C=O.[O-][Cl+3]([O-])([O-])[O-]. The molecule has 0 bridgehead atoms. The van der Waals surface area contributed by atoms with Crippen LogP contribution in [-0.2, 0) is 71.1 Å². The molecule has 16 rings (SSSR count). The molecule has 0 radical (unpaired) electrons. The number of fused-ring (bicyclic) bond motifs is 9. The number of aryl methyl sites for hydroxylation is 1. The molecule has 143 heavy (non-hydrogen) atoms. The highest BCUT2D eigenvalue weighted by Gasteiger charge is 2.46. The number of likely N-dealkylation sites (N-methyl/N-ethyl adjacent to an activating group) is 1. The van der Waals surface area contributed by atoms with Crippen LogP contribution in [-0.4, -0.2) is 134 Å². The normalized spacial score (nSPS) is 17.3. The molecule has 7 aromatic carbocycles. The van der Waals surface area contributed by atoms with Crippen LogP contribution in [0.25, 0.3) is 68.3 Å². The van der Waals surface area contributed by atoms with Gasteiger partial charge in [0, 0.05) is 140 Å². The Balaban J connectivity index is 0.000000189. The van der Waals surface area contributed by atoms with E-state index in [0.717, 1.165) is 146 Å². The average Bonchev–Trinajstić information content (AvgIpc) is 1.62. The van der Waals surface area contributed by atoms with Gasteiger partial charge in [-0.05, 0) is 237 Å². The van der Waals surface area contributed by atoms with Crippen LogP contribution in [0.3, 0.4) is 0 Å². The molecule has 0 saturated heterocycles. The minimum absolute atomic E-state index is 0.0536. The van der Waals surface area contributed by atoms with Gasteiger partial charge >= 0.3 is 12.1 Å². The zero-order chi connectivity index (χ0) is 104. The Morgan fingerprint density at radius 3 is 1.90 bits per heavy atom. The van der Waals surface area contributed by atoms with Gasteiger partial charge in [0.15, 0.2) is 5.71 Å². The highest BCUT2D eigenvalue weighted by Crippen LogP contribution is 2.53. The predicted octanol–water partition coefficient (Wildman–Crippen LogP) is 16.3. The van der Waals surface area contributed by atoms with Crippen LogP contribution in [0, 0.1) is 17.2 Å². The van der Waals surface area contributed by atoms with Crippen molar-refractivity contribution in [1.82, 2.24) is 9.56 Å². The molecule has 0 amide bonds. The number of carbonyl (C=O) groups is 1. The van der Waals surface area contributed by atoms with Crippen molar-refractivity contribution in [2.45, 2.75) is 192 Å². The molecule has 1 atom stereocenters. The number of aliphatic carboxylic acids is 1. The molecule has 7 heterocycles. The van der Waals surface area contributed by atoms with Crippen molar-refractivity contribution in [1.29, 1.82) is 0 Å². The first-order valence-corrected chi connectivity index (χ1v) is 54.3. The summed E-state index contributed by atoms with van der Waals surface area (Å²) in [4.78, 5) is 35.9. The number of carboxylic acid groups (broad SMARTS) is 1. The molecule has 1 N–H and O–H groups in total. The van der Waals surface area contributed by atoms with Crippen LogP contribution in [0.4, 0.5) is 17.1 Å². The van der Waals surface area contributed by atoms with E-state index >= 15 is 0 Å². The van der Waals surface area contributed by atoms with E-state index in [0.29, 0.717) is 49.5 Å². The Bertz CT molecular complexity index is 7410. The number of pyridine rings is 1. The number of benzene rings is 8. The Labute approximate surface area is 838 Å². The minimum atomic E-state index is -4.94. The van der Waals surface area contributed by atoms with Crippen molar-refractivity contribution in [3.05, 3.63) is 314 Å². The van der Waals surface area contributed by atoms with Crippen molar-refractivity contribution in [2.24, 2.45) is 0 Å². The summed E-state index contributed by atoms with van der Waals surface area (Å²) in [5.41, 5.74) is 19.4. The van der Waals surface area contributed by atoms with E-state index in [-0.39, 0.29) is 52.7 Å². The number of allylic oxidation sites excluding steroid dienone is 14. The fourth-order valence-electron chi connectivity index (χ4n) is 19.2. The van der Waals surface area contributed by atoms with Gasteiger partial charge in [0.2, 0.25) is 11.0 Å². The molecule has 1 unspecified atom stereocenters. The molecular formula is C110H117ClN5O23S4-3. The van der Waals surface area contributed by atoms with Crippen molar-refractivity contribution < 1.29 is 119 Å². The van der Waals surface area contributed by atoms with E-state index in [1.165, 1.54) is 74.0 Å². The summed E-state index contributed by atoms with van der Waals surface area (Å²) >= 11 is 0. The van der Waals surface area contributed by atoms with Crippen LogP contribution in [0.2, 0.25) is 0 Å². The molecule has 1 aromatic heterocycles. The van der Waals surface area contributed by atoms with E-state index in [2.05, 4.69) is 165 Å². The van der Waals surface area contributed by atoms with Crippen LogP contribution < -0.4 is 47.8 Å². The van der Waals surface area contributed by atoms with E-state index in [1.54, 1.807) is 12.1 Å². The Morgan fingerprint density at radius 2 is 1.27 bits per heavy atom. The third-order valence-corrected chi connectivity index (χ3v) is 29.1. The van der Waals surface area contributed by atoms with Gasteiger partial charge in [-0.15, -0.1) is 10.2 Å². The van der Waals surface area contributed by atoms with Crippen LogP contribution in [0.5, 0.6) is 11.5 Å². The van der Waals surface area contributed by atoms with Crippen LogP contribution in [0.15, 0.2) is 267 Å². The van der Waals surface area contributed by atoms with Gasteiger partial charge in [-0.1, -0.05) is 168 Å². The molecule has 28 nitrogen and oxygen atoms in total. The maximum absolute atomic E-state index is 12.0. The van der Waals surface area contributed by atoms with Gasteiger partial charge in [-0.2, -0.15) is 14.2 Å². The lowest BCUT2D eigenvalue weighted by molar-refractivity contribution is -2.00. The molecule has 33 heteroatoms. The number of para-hydroxylation sites is 2. The second kappa shape index (κ2) is 45.6. The first kappa shape index (κ1) is 109. The molecule has 8 aromatic rings. The second-order valence-electron chi connectivity index (χ2n) is 37.9. The molecular weight excluding hydrogens is 1920 g/mol. The predicted molar refractivity (Wildman–Crippen MR) is 540 cm³/mol. The van der Waals surface area contributed by atoms with Gasteiger partial charge in [0.1, 0.15) is 74.4 Å². The Hall–Kier alpha value is -12.5. The smallest absolute Gasteiger partial charge is 0.373 e. The maximum Gasteiger partial charge on any atom is 0.373 e. The van der Waals surface area contributed by atoms with E-state index in [1.807, 2.05) is 156 Å². The third kappa shape index (κ3) is 27.4. The molecule has 0 saturated carbocycles. The quantitative estimate of drug-likeness (QED) is 0.0156. The Kier molecular flexibility index (Phi) is 34.9. The maximum atomic E-state index is 12.0. The summed E-state index contributed by atoms with van der Waals surface area (Å²) in [6, 6.07) is 54.2. The second-order valence-corrected chi connectivity index (χ2v) is 44.5. The van der Waals surface area contributed by atoms with Crippen molar-refractivity contribution in [3.8, 4) is 22.8 Å². The Morgan fingerprint density at radius 1 is 0.629 bits per heavy atom. The topological polar surface area (TPSA) is 449 Å². The zero-order valence-corrected chi connectivity index (χ0v) is 86.1. The van der Waals surface area contributed by atoms with Gasteiger partial charge in [0.05, 0.1) is 58.1 Å². The fraction of sp³-hybridized carbons (Fsp3) is 0.318. The minimum Gasteiger partial charge on any atom is -0.748 e. The molecule has 6 aliphatic heterocycles. The van der Waals surface area contributed by atoms with E-state index in [9.17, 15) is 56.7 Å². The summed E-state index contributed by atoms with van der Waals surface area (Å²) in [6.45, 7) is 29.7. The van der Waals surface area contributed by atoms with Gasteiger partial charge < -0.3 is 47.0 Å². The van der Waals surface area contributed by atoms with Gasteiger partial charge in [0.25, 0.3) is 0 Å². The van der Waals surface area contributed by atoms with Crippen molar-refractivity contribution >= 4 is 132 Å². The monoisotopic (exact) mass is 2040 g/mol. The number of rotatable bonds is 28. The summed E-state index contributed by atoms with van der Waals surface area (Å²) in [5, 5.41) is 12.3. The van der Waals surface area contributed by atoms with Gasteiger partial charge in [-0.25, -0.2) is 61.9 Å². The molecule has 2 aliphatic carbocycles. The third-order valence-electron chi connectivity index (χ3n) is 25.9. The highest BCUT2D eigenvalue weighted by molar-refractivity contribution is 7.86. The number of halogens is 1. The van der Waals surface area contributed by atoms with Crippen LogP contribution >= 0.6 is 0 Å². The number of carboxylic acids is 1. The number of hydrogen-bond acceptors (Lipinski definition) is 25. The summed E-state index contributed by atoms with van der Waals surface area (Å²) in [6.07, 6.45) is 34.1. The number of unbranched alkanes of at least 4 members (excludes halogenated alkanes) is 2. The number of aromatic nitrogens is 1. The van der Waals surface area contributed by atoms with Crippen molar-refractivity contribution in [3.63, 3.8) is 0 Å². The van der Waals surface area contributed by atoms with E-state index < -0.39 is 79.0 Å². The average molecular weight is 2040 g/mol. The summed E-state index contributed by atoms with van der Waals surface area (Å²) < 4.78 is 197. The van der Waals surface area contributed by atoms with Crippen molar-refractivity contribution in [2.75, 3.05) is 54.0 Å². The number of nitrogens with zero attached hydrogens (tertiary/aromatic N) is 5. The summed E-state index contributed by atoms with van der Waals surface area (Å²) in [7, 11) is -23.1.